The summed E-state index contributed by atoms with van der Waals surface area (Å²) >= 11 is 0. The fourth-order valence-electron chi connectivity index (χ4n) is 2.77. The van der Waals surface area contributed by atoms with E-state index in [9.17, 15) is 39.6 Å². The van der Waals surface area contributed by atoms with E-state index in [0.29, 0.717) is 0 Å². The maximum absolute atomic E-state index is 11.7. The van der Waals surface area contributed by atoms with Gasteiger partial charge in [0.2, 0.25) is 5.41 Å². The van der Waals surface area contributed by atoms with Crippen molar-refractivity contribution in [2.45, 2.75) is 0 Å². The molecule has 0 saturated carbocycles. The third-order valence-corrected chi connectivity index (χ3v) is 3.82. The number of carboxylic acids is 4. The van der Waals surface area contributed by atoms with Gasteiger partial charge >= 0.3 is 23.9 Å². The van der Waals surface area contributed by atoms with E-state index in [0.717, 1.165) is 12.2 Å². The molecule has 1 aliphatic carbocycles. The van der Waals surface area contributed by atoms with E-state index in [4.69, 9.17) is 0 Å². The summed E-state index contributed by atoms with van der Waals surface area (Å²) in [7, 11) is 0. The summed E-state index contributed by atoms with van der Waals surface area (Å²) in [6.45, 7) is 0. The highest BCUT2D eigenvalue weighted by atomic mass is 16.4. The third-order valence-electron chi connectivity index (χ3n) is 3.82. The molecule has 0 heterocycles. The van der Waals surface area contributed by atoms with E-state index >= 15 is 0 Å². The van der Waals surface area contributed by atoms with Crippen molar-refractivity contribution in [1.29, 1.82) is 0 Å². The quantitative estimate of drug-likeness (QED) is 0.582. The Morgan fingerprint density at radius 1 is 0.875 bits per heavy atom. The van der Waals surface area contributed by atoms with Gasteiger partial charge < -0.3 is 20.4 Å². The van der Waals surface area contributed by atoms with Gasteiger partial charge in [0.15, 0.2) is 0 Å². The predicted octanol–water partition coefficient (Wildman–Crippen LogP) is 0.951. The Morgan fingerprint density at radius 3 is 1.83 bits per heavy atom. The average Bonchev–Trinajstić information content (AvgIpc) is 2.53. The molecule has 0 amide bonds. The summed E-state index contributed by atoms with van der Waals surface area (Å²) in [6, 6.07) is 7.69. The average molecular weight is 332 g/mol. The summed E-state index contributed by atoms with van der Waals surface area (Å²) in [4.78, 5) is 46.6. The lowest BCUT2D eigenvalue weighted by Gasteiger charge is -2.33. The van der Waals surface area contributed by atoms with E-state index in [2.05, 4.69) is 0 Å². The molecule has 0 spiro atoms. The van der Waals surface area contributed by atoms with Crippen molar-refractivity contribution >= 4 is 29.5 Å². The SMILES string of the molecule is O=C(O)C1=C(c2ccccc2)C=CC(C(=O)O)C1(C(=O)O)C(=O)O. The summed E-state index contributed by atoms with van der Waals surface area (Å²) in [5, 5.41) is 37.7. The molecule has 1 atom stereocenters. The van der Waals surface area contributed by atoms with Crippen molar-refractivity contribution < 1.29 is 39.6 Å². The molecule has 24 heavy (non-hydrogen) atoms. The Balaban J connectivity index is 2.92. The molecule has 8 nitrogen and oxygen atoms in total. The second-order valence-electron chi connectivity index (χ2n) is 5.05. The zero-order valence-corrected chi connectivity index (χ0v) is 12.0. The summed E-state index contributed by atoms with van der Waals surface area (Å²) < 4.78 is 0. The molecule has 0 aromatic heterocycles. The van der Waals surface area contributed by atoms with Crippen molar-refractivity contribution in [1.82, 2.24) is 0 Å². The highest BCUT2D eigenvalue weighted by Gasteiger charge is 2.62. The maximum atomic E-state index is 11.7. The molecular formula is C16H12O8. The molecule has 4 N–H and O–H groups in total. The number of benzene rings is 1. The molecule has 0 bridgehead atoms. The number of hydrogen-bond acceptors (Lipinski definition) is 4. The van der Waals surface area contributed by atoms with Crippen LogP contribution >= 0.6 is 0 Å². The minimum Gasteiger partial charge on any atom is -0.481 e. The predicted molar refractivity (Wildman–Crippen MR) is 79.0 cm³/mol. The zero-order valence-electron chi connectivity index (χ0n) is 12.0. The Bertz CT molecular complexity index is 774. The Kier molecular flexibility index (Phi) is 4.23. The molecule has 0 fully saturated rings. The Morgan fingerprint density at radius 2 is 1.42 bits per heavy atom. The molecule has 1 aromatic carbocycles. The van der Waals surface area contributed by atoms with Gasteiger partial charge in [-0.2, -0.15) is 0 Å². The van der Waals surface area contributed by atoms with Crippen LogP contribution in [0.3, 0.4) is 0 Å². The van der Waals surface area contributed by atoms with Crippen LogP contribution in [0.4, 0.5) is 0 Å². The van der Waals surface area contributed by atoms with E-state index in [1.54, 1.807) is 18.2 Å². The van der Waals surface area contributed by atoms with Gasteiger partial charge in [-0.1, -0.05) is 42.5 Å². The van der Waals surface area contributed by atoms with Gasteiger partial charge in [0.05, 0.1) is 5.57 Å². The lowest BCUT2D eigenvalue weighted by Crippen LogP contribution is -2.52. The van der Waals surface area contributed by atoms with Crippen LogP contribution in [0.2, 0.25) is 0 Å². The second-order valence-corrected chi connectivity index (χ2v) is 5.05. The number of allylic oxidation sites excluding steroid dienone is 2. The van der Waals surface area contributed by atoms with Gasteiger partial charge in [-0.05, 0) is 11.1 Å². The maximum Gasteiger partial charge on any atom is 0.334 e. The Labute approximate surface area is 135 Å². The van der Waals surface area contributed by atoms with Crippen molar-refractivity contribution in [3.05, 3.63) is 53.6 Å². The van der Waals surface area contributed by atoms with Crippen LogP contribution < -0.4 is 0 Å². The molecule has 1 aromatic rings. The first kappa shape index (κ1) is 16.9. The van der Waals surface area contributed by atoms with Crippen LogP contribution in [-0.2, 0) is 19.2 Å². The van der Waals surface area contributed by atoms with Gasteiger partial charge in [0.25, 0.3) is 0 Å². The first-order valence-electron chi connectivity index (χ1n) is 6.65. The topological polar surface area (TPSA) is 149 Å². The van der Waals surface area contributed by atoms with E-state index < -0.39 is 40.8 Å². The summed E-state index contributed by atoms with van der Waals surface area (Å²) in [5.41, 5.74) is -4.03. The number of carbonyl (C=O) groups is 4. The monoisotopic (exact) mass is 332 g/mol. The number of rotatable bonds is 5. The van der Waals surface area contributed by atoms with Crippen LogP contribution in [0.5, 0.6) is 0 Å². The number of aliphatic carboxylic acids is 4. The number of carboxylic acid groups (broad SMARTS) is 4. The van der Waals surface area contributed by atoms with Crippen LogP contribution in [0.15, 0.2) is 48.1 Å². The molecule has 8 heteroatoms. The zero-order chi connectivity index (χ0) is 18.1. The highest BCUT2D eigenvalue weighted by Crippen LogP contribution is 2.45. The third kappa shape index (κ3) is 2.34. The summed E-state index contributed by atoms with van der Waals surface area (Å²) in [6.07, 6.45) is 2.01. The van der Waals surface area contributed by atoms with E-state index in [-0.39, 0.29) is 11.1 Å². The minimum atomic E-state index is -3.14. The van der Waals surface area contributed by atoms with E-state index in [1.165, 1.54) is 12.1 Å². The largest absolute Gasteiger partial charge is 0.481 e. The fourth-order valence-corrected chi connectivity index (χ4v) is 2.77. The molecule has 0 aliphatic heterocycles. The van der Waals surface area contributed by atoms with Crippen LogP contribution in [0, 0.1) is 11.3 Å². The second kappa shape index (κ2) is 5.99. The van der Waals surface area contributed by atoms with E-state index in [1.807, 2.05) is 0 Å². The molecule has 0 saturated heterocycles. The standard InChI is InChI=1S/C16H12O8/c17-12(18)10-7-6-9(8-4-2-1-3-5-8)11(13(19)20)16(10,14(21)22)15(23)24/h1-7,10H,(H,17,18)(H,19,20)(H,21,22)(H,23,24). The molecular weight excluding hydrogens is 320 g/mol. The molecule has 0 radical (unpaired) electrons. The van der Waals surface area contributed by atoms with Crippen molar-refractivity contribution in [2.24, 2.45) is 11.3 Å². The van der Waals surface area contributed by atoms with Gasteiger partial charge in [0.1, 0.15) is 5.92 Å². The van der Waals surface area contributed by atoms with Crippen LogP contribution in [-0.4, -0.2) is 44.3 Å². The first-order chi connectivity index (χ1) is 11.2. The van der Waals surface area contributed by atoms with Crippen molar-refractivity contribution in [3.8, 4) is 0 Å². The molecule has 2 rings (SSSR count). The van der Waals surface area contributed by atoms with Gasteiger partial charge in [-0.25, -0.2) is 4.79 Å². The van der Waals surface area contributed by atoms with Gasteiger partial charge in [0, 0.05) is 0 Å². The Hall–Kier alpha value is -3.42. The molecule has 124 valence electrons. The van der Waals surface area contributed by atoms with Crippen molar-refractivity contribution in [2.75, 3.05) is 0 Å². The lowest BCUT2D eigenvalue weighted by atomic mass is 9.64. The van der Waals surface area contributed by atoms with Crippen molar-refractivity contribution in [3.63, 3.8) is 0 Å². The first-order valence-corrected chi connectivity index (χ1v) is 6.65. The van der Waals surface area contributed by atoms with Crippen LogP contribution in [0.1, 0.15) is 5.56 Å². The molecule has 1 unspecified atom stereocenters. The highest BCUT2D eigenvalue weighted by molar-refractivity contribution is 6.18. The van der Waals surface area contributed by atoms with Gasteiger partial charge in [-0.15, -0.1) is 0 Å². The fraction of sp³-hybridized carbons (Fsp3) is 0.125. The van der Waals surface area contributed by atoms with Crippen LogP contribution in [0.25, 0.3) is 5.57 Å². The smallest absolute Gasteiger partial charge is 0.334 e. The number of hydrogen-bond donors (Lipinski definition) is 4. The lowest BCUT2D eigenvalue weighted by molar-refractivity contribution is -0.172. The normalized spacial score (nSPS) is 18.9. The minimum absolute atomic E-state index is 0.162. The molecule has 1 aliphatic rings. The summed E-state index contributed by atoms with van der Waals surface area (Å²) in [5.74, 6) is -9.74. The van der Waals surface area contributed by atoms with Gasteiger partial charge in [-0.3, -0.25) is 14.4 Å².